The standard InChI is InChI=1S/C15H22OS/c1-14(2,3)12-6-4-5-7-13(12)16-10-15(11-17)8-9-15/h4-7,17H,8-11H2,1-3H3. The lowest BCUT2D eigenvalue weighted by Gasteiger charge is -2.24. The van der Waals surface area contributed by atoms with Crippen molar-refractivity contribution in [2.45, 2.75) is 39.0 Å². The van der Waals surface area contributed by atoms with Gasteiger partial charge in [0.15, 0.2) is 0 Å². The molecule has 2 rings (SSSR count). The molecule has 94 valence electrons. The number of hydrogen-bond donors (Lipinski definition) is 1. The van der Waals surface area contributed by atoms with E-state index < -0.39 is 0 Å². The van der Waals surface area contributed by atoms with Gasteiger partial charge in [-0.3, -0.25) is 0 Å². The second-order valence-electron chi connectivity index (χ2n) is 6.19. The Morgan fingerprint density at radius 2 is 1.88 bits per heavy atom. The molecule has 1 fully saturated rings. The van der Waals surface area contributed by atoms with Gasteiger partial charge in [-0.25, -0.2) is 0 Å². The zero-order valence-electron chi connectivity index (χ0n) is 11.0. The summed E-state index contributed by atoms with van der Waals surface area (Å²) in [5.74, 6) is 1.97. The number of thiol groups is 1. The second kappa shape index (κ2) is 4.56. The van der Waals surface area contributed by atoms with Gasteiger partial charge in [0.05, 0.1) is 6.61 Å². The normalized spacial score (nSPS) is 17.9. The van der Waals surface area contributed by atoms with E-state index in [1.54, 1.807) is 0 Å². The van der Waals surface area contributed by atoms with E-state index in [4.69, 9.17) is 4.74 Å². The Morgan fingerprint density at radius 3 is 2.41 bits per heavy atom. The minimum absolute atomic E-state index is 0.133. The van der Waals surface area contributed by atoms with E-state index in [1.807, 2.05) is 6.07 Å². The van der Waals surface area contributed by atoms with Gasteiger partial charge in [0.1, 0.15) is 5.75 Å². The Bertz CT molecular complexity index is 388. The molecular formula is C15H22OS. The molecule has 0 heterocycles. The van der Waals surface area contributed by atoms with Crippen molar-refractivity contribution < 1.29 is 4.74 Å². The highest BCUT2D eigenvalue weighted by atomic mass is 32.1. The summed E-state index contributed by atoms with van der Waals surface area (Å²) in [6.45, 7) is 7.48. The van der Waals surface area contributed by atoms with Crippen molar-refractivity contribution in [3.8, 4) is 5.75 Å². The van der Waals surface area contributed by atoms with Crippen molar-refractivity contribution in [1.82, 2.24) is 0 Å². The molecule has 0 aliphatic heterocycles. The van der Waals surface area contributed by atoms with Crippen LogP contribution in [-0.4, -0.2) is 12.4 Å². The van der Waals surface area contributed by atoms with E-state index in [-0.39, 0.29) is 5.41 Å². The van der Waals surface area contributed by atoms with E-state index in [1.165, 1.54) is 18.4 Å². The molecule has 2 heteroatoms. The average Bonchev–Trinajstić information content (AvgIpc) is 3.06. The number of benzene rings is 1. The first-order valence-corrected chi connectivity index (χ1v) is 6.93. The quantitative estimate of drug-likeness (QED) is 0.792. The highest BCUT2D eigenvalue weighted by Crippen LogP contribution is 2.47. The maximum Gasteiger partial charge on any atom is 0.123 e. The Hall–Kier alpha value is -0.630. The van der Waals surface area contributed by atoms with Gasteiger partial charge in [0, 0.05) is 5.41 Å². The first-order valence-electron chi connectivity index (χ1n) is 6.30. The molecule has 1 aliphatic carbocycles. The maximum absolute atomic E-state index is 6.03. The zero-order chi connectivity index (χ0) is 12.5. The number of para-hydroxylation sites is 1. The number of ether oxygens (including phenoxy) is 1. The molecule has 0 bridgehead atoms. The monoisotopic (exact) mass is 250 g/mol. The highest BCUT2D eigenvalue weighted by Gasteiger charge is 2.42. The molecule has 0 unspecified atom stereocenters. The zero-order valence-corrected chi connectivity index (χ0v) is 11.9. The first-order chi connectivity index (χ1) is 7.97. The van der Waals surface area contributed by atoms with Crippen LogP contribution in [0.5, 0.6) is 5.75 Å². The lowest BCUT2D eigenvalue weighted by Crippen LogP contribution is -2.18. The summed E-state index contributed by atoms with van der Waals surface area (Å²) < 4.78 is 6.03. The van der Waals surface area contributed by atoms with Crippen LogP contribution in [0.4, 0.5) is 0 Å². The predicted octanol–water partition coefficient (Wildman–Crippen LogP) is 4.07. The third-order valence-corrected chi connectivity index (χ3v) is 4.19. The molecule has 1 aromatic rings. The van der Waals surface area contributed by atoms with Crippen molar-refractivity contribution in [1.29, 1.82) is 0 Å². The van der Waals surface area contributed by atoms with Crippen molar-refractivity contribution in [3.63, 3.8) is 0 Å². The van der Waals surface area contributed by atoms with Gasteiger partial charge >= 0.3 is 0 Å². The minimum atomic E-state index is 0.133. The Morgan fingerprint density at radius 1 is 1.24 bits per heavy atom. The molecule has 0 atom stereocenters. The maximum atomic E-state index is 6.03. The second-order valence-corrected chi connectivity index (χ2v) is 6.51. The van der Waals surface area contributed by atoms with Crippen LogP contribution in [0.3, 0.4) is 0 Å². The Kier molecular flexibility index (Phi) is 3.44. The van der Waals surface area contributed by atoms with Crippen molar-refractivity contribution in [3.05, 3.63) is 29.8 Å². The van der Waals surface area contributed by atoms with Crippen LogP contribution in [0.1, 0.15) is 39.2 Å². The van der Waals surface area contributed by atoms with E-state index in [2.05, 4.69) is 51.6 Å². The van der Waals surface area contributed by atoms with Gasteiger partial charge in [-0.2, -0.15) is 12.6 Å². The molecule has 17 heavy (non-hydrogen) atoms. The molecule has 0 saturated heterocycles. The molecule has 0 radical (unpaired) electrons. The van der Waals surface area contributed by atoms with E-state index in [0.717, 1.165) is 18.1 Å². The molecule has 1 nitrogen and oxygen atoms in total. The van der Waals surface area contributed by atoms with Gasteiger partial charge in [0.25, 0.3) is 0 Å². The summed E-state index contributed by atoms with van der Waals surface area (Å²) in [4.78, 5) is 0. The smallest absolute Gasteiger partial charge is 0.123 e. The van der Waals surface area contributed by atoms with Crippen molar-refractivity contribution in [2.75, 3.05) is 12.4 Å². The summed E-state index contributed by atoms with van der Waals surface area (Å²) in [7, 11) is 0. The van der Waals surface area contributed by atoms with Crippen LogP contribution in [0, 0.1) is 5.41 Å². The molecule has 0 amide bonds. The van der Waals surface area contributed by atoms with Crippen LogP contribution >= 0.6 is 12.6 Å². The highest BCUT2D eigenvalue weighted by molar-refractivity contribution is 7.80. The van der Waals surface area contributed by atoms with Crippen LogP contribution in [0.2, 0.25) is 0 Å². The third kappa shape index (κ3) is 2.98. The average molecular weight is 250 g/mol. The molecule has 1 saturated carbocycles. The van der Waals surface area contributed by atoms with Gasteiger partial charge in [-0.1, -0.05) is 39.0 Å². The number of rotatable bonds is 4. The summed E-state index contributed by atoms with van der Waals surface area (Å²) in [5, 5.41) is 0. The Balaban J connectivity index is 2.10. The van der Waals surface area contributed by atoms with Gasteiger partial charge in [-0.15, -0.1) is 0 Å². The SMILES string of the molecule is CC(C)(C)c1ccccc1OCC1(CS)CC1. The lowest BCUT2D eigenvalue weighted by molar-refractivity contribution is 0.245. The van der Waals surface area contributed by atoms with E-state index in [9.17, 15) is 0 Å². The van der Waals surface area contributed by atoms with Crippen LogP contribution in [0.15, 0.2) is 24.3 Å². The van der Waals surface area contributed by atoms with Crippen molar-refractivity contribution >= 4 is 12.6 Å². The van der Waals surface area contributed by atoms with Gasteiger partial charge in [0.2, 0.25) is 0 Å². The van der Waals surface area contributed by atoms with Crippen molar-refractivity contribution in [2.24, 2.45) is 5.41 Å². The summed E-state index contributed by atoms with van der Waals surface area (Å²) >= 11 is 4.41. The predicted molar refractivity (Wildman–Crippen MR) is 76.2 cm³/mol. The molecule has 1 aromatic carbocycles. The van der Waals surface area contributed by atoms with Crippen LogP contribution in [0.25, 0.3) is 0 Å². The molecule has 1 aliphatic rings. The number of hydrogen-bond acceptors (Lipinski definition) is 2. The third-order valence-electron chi connectivity index (χ3n) is 3.52. The fraction of sp³-hybridized carbons (Fsp3) is 0.600. The minimum Gasteiger partial charge on any atom is -0.493 e. The van der Waals surface area contributed by atoms with Gasteiger partial charge < -0.3 is 4.74 Å². The molecule has 0 N–H and O–H groups in total. The van der Waals surface area contributed by atoms with Crippen LogP contribution < -0.4 is 4.74 Å². The van der Waals surface area contributed by atoms with Gasteiger partial charge in [-0.05, 0) is 35.6 Å². The molecular weight excluding hydrogens is 228 g/mol. The largest absolute Gasteiger partial charge is 0.493 e. The Labute approximate surface area is 110 Å². The topological polar surface area (TPSA) is 9.23 Å². The van der Waals surface area contributed by atoms with Crippen LogP contribution in [-0.2, 0) is 5.41 Å². The first kappa shape index (κ1) is 12.8. The molecule has 0 spiro atoms. The van der Waals surface area contributed by atoms with E-state index in [0.29, 0.717) is 5.41 Å². The fourth-order valence-corrected chi connectivity index (χ4v) is 2.38. The summed E-state index contributed by atoms with van der Waals surface area (Å²) in [6, 6.07) is 8.37. The lowest BCUT2D eigenvalue weighted by atomic mass is 9.86. The van der Waals surface area contributed by atoms with E-state index >= 15 is 0 Å². The fourth-order valence-electron chi connectivity index (χ4n) is 1.97. The summed E-state index contributed by atoms with van der Waals surface area (Å²) in [5.41, 5.74) is 1.78. The molecule has 0 aromatic heterocycles. The summed E-state index contributed by atoms with van der Waals surface area (Å²) in [6.07, 6.45) is 2.52.